The Labute approximate surface area is 241 Å². The number of likely N-dealkylation sites (N-methyl/N-ethyl adjacent to an activating group) is 1. The summed E-state index contributed by atoms with van der Waals surface area (Å²) in [6.07, 6.45) is 1.85. The summed E-state index contributed by atoms with van der Waals surface area (Å²) in [5.41, 5.74) is -0.807. The van der Waals surface area contributed by atoms with Crippen LogP contribution in [0.3, 0.4) is 0 Å². The molecule has 2 aliphatic heterocycles. The zero-order chi connectivity index (χ0) is 29.4. The van der Waals surface area contributed by atoms with Gasteiger partial charge in [-0.1, -0.05) is 17.7 Å². The largest absolute Gasteiger partial charge is 0.502 e. The van der Waals surface area contributed by atoms with E-state index in [0.29, 0.717) is 23.5 Å². The average Bonchev–Trinajstić information content (AvgIpc) is 3.54. The number of halogens is 2. The van der Waals surface area contributed by atoms with E-state index in [4.69, 9.17) is 16.3 Å². The minimum absolute atomic E-state index is 0.0477. The van der Waals surface area contributed by atoms with E-state index in [9.17, 15) is 28.7 Å². The molecule has 10 nitrogen and oxygen atoms in total. The van der Waals surface area contributed by atoms with Crippen LogP contribution in [0.15, 0.2) is 23.0 Å². The third kappa shape index (κ3) is 4.32. The Bertz CT molecular complexity index is 1540. The number of nitrogens with zero attached hydrogens (tertiary/aromatic N) is 4. The van der Waals surface area contributed by atoms with Gasteiger partial charge in [-0.2, -0.15) is 0 Å². The smallest absolute Gasteiger partial charge is 0.320 e. The van der Waals surface area contributed by atoms with Gasteiger partial charge in [0.2, 0.25) is 0 Å². The van der Waals surface area contributed by atoms with E-state index in [1.807, 2.05) is 0 Å². The summed E-state index contributed by atoms with van der Waals surface area (Å²) in [6.45, 7) is 2.23. The van der Waals surface area contributed by atoms with Crippen molar-refractivity contribution in [3.63, 3.8) is 0 Å². The Kier molecular flexibility index (Phi) is 6.65. The number of carbonyl (C=O) groups excluding carboxylic acids is 3. The van der Waals surface area contributed by atoms with Crippen LogP contribution in [0.1, 0.15) is 58.2 Å². The third-order valence-corrected chi connectivity index (χ3v) is 9.15. The van der Waals surface area contributed by atoms with Gasteiger partial charge >= 0.3 is 5.97 Å². The van der Waals surface area contributed by atoms with Crippen molar-refractivity contribution in [3.05, 3.63) is 61.8 Å². The van der Waals surface area contributed by atoms with E-state index < -0.39 is 46.7 Å². The van der Waals surface area contributed by atoms with Crippen molar-refractivity contribution in [2.45, 2.75) is 50.9 Å². The van der Waals surface area contributed by atoms with Crippen LogP contribution in [0, 0.1) is 17.7 Å². The molecule has 4 aliphatic rings. The van der Waals surface area contributed by atoms with Crippen LogP contribution in [-0.2, 0) is 28.2 Å². The van der Waals surface area contributed by atoms with Gasteiger partial charge in [0.25, 0.3) is 17.4 Å². The van der Waals surface area contributed by atoms with Crippen molar-refractivity contribution < 1.29 is 28.6 Å². The number of fused-ring (bicyclic) bond motifs is 6. The molecule has 2 fully saturated rings. The second-order valence-electron chi connectivity index (χ2n) is 11.9. The third-order valence-electron chi connectivity index (χ3n) is 8.86. The highest BCUT2D eigenvalue weighted by atomic mass is 35.5. The minimum Gasteiger partial charge on any atom is -0.502 e. The molecule has 1 spiro atoms. The number of benzene rings is 1. The Morgan fingerprint density at radius 1 is 1.27 bits per heavy atom. The van der Waals surface area contributed by atoms with E-state index in [1.54, 1.807) is 30.8 Å². The lowest BCUT2D eigenvalue weighted by Gasteiger charge is -2.39. The fourth-order valence-electron chi connectivity index (χ4n) is 7.10. The van der Waals surface area contributed by atoms with Gasteiger partial charge in [-0.25, -0.2) is 4.39 Å². The minimum atomic E-state index is -0.964. The summed E-state index contributed by atoms with van der Waals surface area (Å²) in [5.74, 6) is -2.22. The molecule has 2 saturated carbocycles. The van der Waals surface area contributed by atoms with E-state index in [0.717, 1.165) is 12.8 Å². The molecule has 1 N–H and O–H groups in total. The molecule has 2 aliphatic carbocycles. The highest BCUT2D eigenvalue weighted by Crippen LogP contribution is 2.64. The molecule has 3 heterocycles. The number of rotatable bonds is 7. The lowest BCUT2D eigenvalue weighted by atomic mass is 9.95. The predicted octanol–water partition coefficient (Wildman–Crippen LogP) is 2.58. The normalized spacial score (nSPS) is 25.0. The summed E-state index contributed by atoms with van der Waals surface area (Å²) in [6, 6.07) is 4.17. The Morgan fingerprint density at radius 2 is 2.02 bits per heavy atom. The van der Waals surface area contributed by atoms with Crippen molar-refractivity contribution in [3.8, 4) is 5.75 Å². The van der Waals surface area contributed by atoms with Crippen LogP contribution >= 0.6 is 11.6 Å². The molecule has 0 unspecified atom stereocenters. The zero-order valence-corrected chi connectivity index (χ0v) is 23.9. The van der Waals surface area contributed by atoms with Crippen LogP contribution in [-0.4, -0.2) is 82.0 Å². The summed E-state index contributed by atoms with van der Waals surface area (Å²) in [5, 5.41) is 11.1. The average molecular weight is 587 g/mol. The molecule has 2 aromatic rings. The quantitative estimate of drug-likeness (QED) is 0.496. The molecule has 6 rings (SSSR count). The lowest BCUT2D eigenvalue weighted by molar-refractivity contribution is -0.150. The summed E-state index contributed by atoms with van der Waals surface area (Å²) in [4.78, 5) is 58.7. The van der Waals surface area contributed by atoms with Gasteiger partial charge in [-0.05, 0) is 70.3 Å². The van der Waals surface area contributed by atoms with Gasteiger partial charge in [-0.3, -0.25) is 28.6 Å². The molecule has 0 bridgehead atoms. The van der Waals surface area contributed by atoms with Gasteiger partial charge in [0.15, 0.2) is 5.75 Å². The predicted molar refractivity (Wildman–Crippen MR) is 146 cm³/mol. The zero-order valence-electron chi connectivity index (χ0n) is 23.2. The Balaban J connectivity index is 1.37. The van der Waals surface area contributed by atoms with Crippen molar-refractivity contribution in [2.75, 3.05) is 33.7 Å². The number of hydrogen-bond acceptors (Lipinski definition) is 7. The van der Waals surface area contributed by atoms with Crippen molar-refractivity contribution >= 4 is 29.4 Å². The van der Waals surface area contributed by atoms with Crippen molar-refractivity contribution in [1.82, 2.24) is 19.3 Å². The van der Waals surface area contributed by atoms with Gasteiger partial charge in [0.1, 0.15) is 23.3 Å². The summed E-state index contributed by atoms with van der Waals surface area (Å²) >= 11 is 5.91. The number of esters is 1. The molecule has 41 heavy (non-hydrogen) atoms. The topological polar surface area (TPSA) is 112 Å². The van der Waals surface area contributed by atoms with Crippen LogP contribution in [0.25, 0.3) is 0 Å². The molecule has 0 radical (unpaired) electrons. The number of ether oxygens (including phenoxy) is 1. The first-order chi connectivity index (χ1) is 19.4. The molecule has 1 aromatic carbocycles. The van der Waals surface area contributed by atoms with E-state index >= 15 is 0 Å². The summed E-state index contributed by atoms with van der Waals surface area (Å²) in [7, 11) is 3.51. The molecule has 12 heteroatoms. The van der Waals surface area contributed by atoms with Crippen LogP contribution in [0.4, 0.5) is 4.39 Å². The molecular weight excluding hydrogens is 555 g/mol. The molecular formula is C29H32ClFN4O6. The van der Waals surface area contributed by atoms with Gasteiger partial charge in [-0.15, -0.1) is 0 Å². The fraction of sp³-hybridized carbons (Fsp3) is 0.517. The first-order valence-electron chi connectivity index (χ1n) is 13.8. The van der Waals surface area contributed by atoms with E-state index in [-0.39, 0.29) is 54.8 Å². The maximum absolute atomic E-state index is 14.2. The van der Waals surface area contributed by atoms with Crippen LogP contribution in [0.5, 0.6) is 5.75 Å². The second-order valence-corrected chi connectivity index (χ2v) is 12.3. The van der Waals surface area contributed by atoms with Crippen LogP contribution in [0.2, 0.25) is 5.02 Å². The maximum atomic E-state index is 14.2. The number of aromatic hydroxyl groups is 1. The van der Waals surface area contributed by atoms with E-state index in [1.165, 1.54) is 27.7 Å². The first-order valence-corrected chi connectivity index (χ1v) is 14.2. The standard InChI is InChI=1S/C29H32ClFN4O6/c1-15(41-22(36)14-32(2)3)12-34-27(39)24-18-7-9-33(13-16-4-5-21(31)20(30)10-16)26(38)23(18)25(37)28(40)35(24)29(34)8-6-17-11-19(17)29/h4-5,10,15,17,19,37H,6-9,11-14H2,1-3H3/t15-,17-,19+,29+/m0/s1. The van der Waals surface area contributed by atoms with Crippen molar-refractivity contribution in [2.24, 2.45) is 11.8 Å². The Morgan fingerprint density at radius 3 is 2.66 bits per heavy atom. The van der Waals surface area contributed by atoms with Crippen LogP contribution < -0.4 is 5.56 Å². The number of carbonyl (C=O) groups is 3. The second kappa shape index (κ2) is 9.84. The molecule has 4 atom stereocenters. The van der Waals surface area contributed by atoms with Gasteiger partial charge in [0, 0.05) is 24.6 Å². The lowest BCUT2D eigenvalue weighted by Crippen LogP contribution is -2.53. The molecule has 2 amide bonds. The van der Waals surface area contributed by atoms with E-state index in [2.05, 4.69) is 0 Å². The number of pyridine rings is 1. The SMILES string of the molecule is C[C@@H](CN1C(=O)c2c3c(c(O)c(=O)n2[C@@]12CC[C@H]1C[C@H]12)C(=O)N(Cc1ccc(F)c(Cl)c1)CC3)OC(=O)CN(C)C. The number of aromatic nitrogens is 1. The summed E-state index contributed by atoms with van der Waals surface area (Å²) < 4.78 is 20.7. The number of amides is 2. The molecule has 218 valence electrons. The van der Waals surface area contributed by atoms with Crippen molar-refractivity contribution in [1.29, 1.82) is 0 Å². The first kappa shape index (κ1) is 27.7. The maximum Gasteiger partial charge on any atom is 0.320 e. The monoisotopic (exact) mass is 586 g/mol. The highest BCUT2D eigenvalue weighted by molar-refractivity contribution is 6.30. The Hall–Kier alpha value is -3.44. The highest BCUT2D eigenvalue weighted by Gasteiger charge is 2.67. The van der Waals surface area contributed by atoms with Gasteiger partial charge in [0.05, 0.1) is 23.7 Å². The fourth-order valence-corrected chi connectivity index (χ4v) is 7.31. The number of hydrogen-bond donors (Lipinski definition) is 1. The molecule has 0 saturated heterocycles. The van der Waals surface area contributed by atoms with Gasteiger partial charge < -0.3 is 19.6 Å². The molecule has 1 aromatic heterocycles.